The minimum Gasteiger partial charge on any atom is -0.489 e. The van der Waals surface area contributed by atoms with E-state index in [9.17, 15) is 0 Å². The van der Waals surface area contributed by atoms with Gasteiger partial charge in [0.15, 0.2) is 0 Å². The van der Waals surface area contributed by atoms with Crippen molar-refractivity contribution in [1.82, 2.24) is 4.98 Å². The fourth-order valence-corrected chi connectivity index (χ4v) is 1.34. The van der Waals surface area contributed by atoms with E-state index in [1.807, 2.05) is 18.2 Å². The quantitative estimate of drug-likeness (QED) is 0.888. The van der Waals surface area contributed by atoms with Crippen molar-refractivity contribution in [2.45, 2.75) is 6.61 Å². The van der Waals surface area contributed by atoms with Crippen LogP contribution in [0.4, 0.5) is 5.82 Å². The largest absolute Gasteiger partial charge is 0.489 e. The zero-order valence-electron chi connectivity index (χ0n) is 8.56. The number of halogens is 1. The number of hydrogen-bond acceptors (Lipinski definition) is 3. The number of anilines is 1. The van der Waals surface area contributed by atoms with Crippen LogP contribution in [0.5, 0.6) is 5.75 Å². The molecule has 0 amide bonds. The van der Waals surface area contributed by atoms with E-state index < -0.39 is 0 Å². The van der Waals surface area contributed by atoms with Gasteiger partial charge in [-0.2, -0.15) is 0 Å². The normalized spacial score (nSPS) is 10.1. The van der Waals surface area contributed by atoms with Crippen LogP contribution in [0.3, 0.4) is 0 Å². The molecule has 0 aliphatic rings. The average Bonchev–Trinajstić information content (AvgIpc) is 2.30. The zero-order valence-corrected chi connectivity index (χ0v) is 9.32. The molecule has 16 heavy (non-hydrogen) atoms. The molecule has 0 bridgehead atoms. The lowest BCUT2D eigenvalue weighted by Gasteiger charge is -2.05. The third-order valence-electron chi connectivity index (χ3n) is 2.07. The predicted molar refractivity (Wildman–Crippen MR) is 64.4 cm³/mol. The smallest absolute Gasteiger partial charge is 0.123 e. The van der Waals surface area contributed by atoms with Crippen LogP contribution >= 0.6 is 11.6 Å². The van der Waals surface area contributed by atoms with E-state index in [-0.39, 0.29) is 0 Å². The summed E-state index contributed by atoms with van der Waals surface area (Å²) in [5.74, 6) is 1.29. The topological polar surface area (TPSA) is 48.1 Å². The Morgan fingerprint density at radius 1 is 1.12 bits per heavy atom. The Kier molecular flexibility index (Phi) is 3.27. The van der Waals surface area contributed by atoms with E-state index in [2.05, 4.69) is 4.98 Å². The SMILES string of the molecule is Nc1ccc(COc2ccc(Cl)cc2)cn1. The van der Waals surface area contributed by atoms with Gasteiger partial charge in [-0.15, -0.1) is 0 Å². The fraction of sp³-hybridized carbons (Fsp3) is 0.0833. The number of nitrogens with zero attached hydrogens (tertiary/aromatic N) is 1. The fourth-order valence-electron chi connectivity index (χ4n) is 1.22. The highest BCUT2D eigenvalue weighted by atomic mass is 35.5. The summed E-state index contributed by atoms with van der Waals surface area (Å²) in [5, 5.41) is 0.696. The number of aromatic nitrogens is 1. The lowest BCUT2D eigenvalue weighted by atomic mass is 10.3. The van der Waals surface area contributed by atoms with Crippen LogP contribution in [-0.2, 0) is 6.61 Å². The summed E-state index contributed by atoms with van der Waals surface area (Å²) in [6.45, 7) is 0.467. The van der Waals surface area contributed by atoms with Crippen molar-refractivity contribution in [2.24, 2.45) is 0 Å². The van der Waals surface area contributed by atoms with Crippen molar-refractivity contribution in [1.29, 1.82) is 0 Å². The molecule has 1 heterocycles. The molecule has 2 aromatic rings. The van der Waals surface area contributed by atoms with Crippen molar-refractivity contribution >= 4 is 17.4 Å². The van der Waals surface area contributed by atoms with Crippen LogP contribution in [0.25, 0.3) is 0 Å². The highest BCUT2D eigenvalue weighted by Gasteiger charge is 1.96. The standard InChI is InChI=1S/C12H11ClN2O/c13-10-2-4-11(5-3-10)16-8-9-1-6-12(14)15-7-9/h1-7H,8H2,(H2,14,15). The van der Waals surface area contributed by atoms with Crippen LogP contribution in [-0.4, -0.2) is 4.98 Å². The van der Waals surface area contributed by atoms with Crippen molar-refractivity contribution < 1.29 is 4.74 Å². The molecule has 2 N–H and O–H groups in total. The third kappa shape index (κ3) is 2.87. The number of nitrogen functional groups attached to an aromatic ring is 1. The van der Waals surface area contributed by atoms with Gasteiger partial charge in [0.05, 0.1) is 0 Å². The number of pyridine rings is 1. The van der Waals surface area contributed by atoms with Crippen molar-refractivity contribution in [3.8, 4) is 5.75 Å². The molecule has 1 aromatic heterocycles. The van der Waals surface area contributed by atoms with Gasteiger partial charge in [0.1, 0.15) is 18.2 Å². The Morgan fingerprint density at radius 2 is 1.88 bits per heavy atom. The highest BCUT2D eigenvalue weighted by Crippen LogP contribution is 2.16. The van der Waals surface area contributed by atoms with Gasteiger partial charge in [0, 0.05) is 16.8 Å². The van der Waals surface area contributed by atoms with Crippen LogP contribution in [0.15, 0.2) is 42.6 Å². The highest BCUT2D eigenvalue weighted by molar-refractivity contribution is 6.30. The lowest BCUT2D eigenvalue weighted by Crippen LogP contribution is -1.97. The predicted octanol–water partition coefficient (Wildman–Crippen LogP) is 2.90. The Hall–Kier alpha value is -1.74. The molecule has 4 heteroatoms. The molecule has 0 aliphatic carbocycles. The van der Waals surface area contributed by atoms with Gasteiger partial charge in [-0.1, -0.05) is 17.7 Å². The van der Waals surface area contributed by atoms with Crippen molar-refractivity contribution in [2.75, 3.05) is 5.73 Å². The Morgan fingerprint density at radius 3 is 2.50 bits per heavy atom. The number of hydrogen-bond donors (Lipinski definition) is 1. The van der Waals surface area contributed by atoms with E-state index in [0.717, 1.165) is 11.3 Å². The Balaban J connectivity index is 1.97. The maximum absolute atomic E-state index is 5.77. The summed E-state index contributed by atoms with van der Waals surface area (Å²) >= 11 is 5.77. The average molecular weight is 235 g/mol. The summed E-state index contributed by atoms with van der Waals surface area (Å²) in [6.07, 6.45) is 1.70. The molecular formula is C12H11ClN2O. The number of rotatable bonds is 3. The minimum absolute atomic E-state index is 0.467. The van der Waals surface area contributed by atoms with Crippen molar-refractivity contribution in [3.05, 3.63) is 53.2 Å². The van der Waals surface area contributed by atoms with E-state index in [1.54, 1.807) is 24.4 Å². The molecular weight excluding hydrogens is 224 g/mol. The van der Waals surface area contributed by atoms with Crippen LogP contribution in [0.1, 0.15) is 5.56 Å². The maximum atomic E-state index is 5.77. The first-order valence-electron chi connectivity index (χ1n) is 4.83. The summed E-state index contributed by atoms with van der Waals surface area (Å²) in [7, 11) is 0. The summed E-state index contributed by atoms with van der Waals surface area (Å²) in [4.78, 5) is 3.98. The third-order valence-corrected chi connectivity index (χ3v) is 2.32. The number of nitrogens with two attached hydrogens (primary N) is 1. The molecule has 0 fully saturated rings. The first-order chi connectivity index (χ1) is 7.74. The molecule has 0 spiro atoms. The zero-order chi connectivity index (χ0) is 11.4. The van der Waals surface area contributed by atoms with Gasteiger partial charge in [0.25, 0.3) is 0 Å². The van der Waals surface area contributed by atoms with Gasteiger partial charge >= 0.3 is 0 Å². The molecule has 0 radical (unpaired) electrons. The first-order valence-corrected chi connectivity index (χ1v) is 5.20. The van der Waals surface area contributed by atoms with E-state index in [1.165, 1.54) is 0 Å². The molecule has 1 aromatic carbocycles. The summed E-state index contributed by atoms with van der Waals surface area (Å²) in [5.41, 5.74) is 6.46. The first kappa shape index (κ1) is 10.8. The van der Waals surface area contributed by atoms with Crippen LogP contribution < -0.4 is 10.5 Å². The molecule has 0 aliphatic heterocycles. The van der Waals surface area contributed by atoms with E-state index >= 15 is 0 Å². The second kappa shape index (κ2) is 4.86. The van der Waals surface area contributed by atoms with E-state index in [4.69, 9.17) is 22.1 Å². The number of ether oxygens (including phenoxy) is 1. The maximum Gasteiger partial charge on any atom is 0.123 e. The molecule has 0 saturated carbocycles. The van der Waals surface area contributed by atoms with Gasteiger partial charge in [0.2, 0.25) is 0 Å². The molecule has 0 atom stereocenters. The van der Waals surface area contributed by atoms with Crippen molar-refractivity contribution in [3.63, 3.8) is 0 Å². The second-order valence-corrected chi connectivity index (χ2v) is 3.77. The second-order valence-electron chi connectivity index (χ2n) is 3.33. The molecule has 2 rings (SSSR count). The van der Waals surface area contributed by atoms with E-state index in [0.29, 0.717) is 17.4 Å². The van der Waals surface area contributed by atoms with Crippen LogP contribution in [0.2, 0.25) is 5.02 Å². The molecule has 0 unspecified atom stereocenters. The Bertz CT molecular complexity index is 408. The number of benzene rings is 1. The Labute approximate surface area is 98.8 Å². The molecule has 0 saturated heterocycles. The lowest BCUT2D eigenvalue weighted by molar-refractivity contribution is 0.306. The summed E-state index contributed by atoms with van der Waals surface area (Å²) in [6, 6.07) is 10.9. The van der Waals surface area contributed by atoms with Gasteiger partial charge < -0.3 is 10.5 Å². The van der Waals surface area contributed by atoms with Gasteiger partial charge in [-0.05, 0) is 30.3 Å². The molecule has 3 nitrogen and oxygen atoms in total. The molecule has 82 valence electrons. The summed E-state index contributed by atoms with van der Waals surface area (Å²) < 4.78 is 5.55. The monoisotopic (exact) mass is 234 g/mol. The van der Waals surface area contributed by atoms with Crippen LogP contribution in [0, 0.1) is 0 Å². The minimum atomic E-state index is 0.467. The van der Waals surface area contributed by atoms with Gasteiger partial charge in [-0.3, -0.25) is 0 Å². The van der Waals surface area contributed by atoms with Gasteiger partial charge in [-0.25, -0.2) is 4.98 Å².